The van der Waals surface area contributed by atoms with Crippen LogP contribution in [0.15, 0.2) is 4.63 Å². The number of nitrogens with one attached hydrogen (secondary N) is 1. The quantitative estimate of drug-likeness (QED) is 0.314. The summed E-state index contributed by atoms with van der Waals surface area (Å²) in [4.78, 5) is 16.3. The van der Waals surface area contributed by atoms with Crippen LogP contribution in [0.3, 0.4) is 0 Å². The average molecular weight is 322 g/mol. The molecule has 3 rings (SSSR count). The minimum absolute atomic E-state index is 0.0641. The third kappa shape index (κ3) is 2.99. The molecule has 12 heteroatoms. The van der Waals surface area contributed by atoms with Crippen molar-refractivity contribution in [3.8, 4) is 5.82 Å². The molecular formula is C11H18N10O2. The summed E-state index contributed by atoms with van der Waals surface area (Å²) in [7, 11) is 2.07. The predicted molar refractivity (Wildman–Crippen MR) is 78.1 cm³/mol. The molecule has 1 amide bonds. The van der Waals surface area contributed by atoms with E-state index in [0.29, 0.717) is 12.2 Å². The van der Waals surface area contributed by atoms with Crippen molar-refractivity contribution in [2.24, 2.45) is 5.84 Å². The summed E-state index contributed by atoms with van der Waals surface area (Å²) < 4.78 is 5.95. The number of carbonyl (C=O) groups excluding carboxylic acids is 1. The van der Waals surface area contributed by atoms with E-state index in [9.17, 15) is 4.79 Å². The third-order valence-corrected chi connectivity index (χ3v) is 3.77. The number of nitrogens with zero attached hydrogens (tertiary/aromatic N) is 7. The maximum absolute atomic E-state index is 11.9. The van der Waals surface area contributed by atoms with Crippen molar-refractivity contribution in [3.05, 3.63) is 11.4 Å². The largest absolute Gasteiger partial charge is 0.378 e. The first kappa shape index (κ1) is 15.3. The minimum atomic E-state index is -0.532. The zero-order valence-electron chi connectivity index (χ0n) is 12.6. The van der Waals surface area contributed by atoms with Gasteiger partial charge in [-0.2, -0.15) is 4.68 Å². The van der Waals surface area contributed by atoms with Gasteiger partial charge >= 0.3 is 0 Å². The van der Waals surface area contributed by atoms with Crippen LogP contribution in [0.2, 0.25) is 0 Å². The summed E-state index contributed by atoms with van der Waals surface area (Å²) in [5, 5.41) is 15.1. The second-order valence-electron chi connectivity index (χ2n) is 5.32. The van der Waals surface area contributed by atoms with E-state index in [1.54, 1.807) is 0 Å². The number of anilines is 1. The molecule has 12 nitrogen and oxygen atoms in total. The summed E-state index contributed by atoms with van der Waals surface area (Å²) >= 11 is 0. The van der Waals surface area contributed by atoms with E-state index in [1.807, 2.05) is 0 Å². The summed E-state index contributed by atoms with van der Waals surface area (Å²) in [5.74, 6) is 4.94. The molecule has 0 aliphatic carbocycles. The van der Waals surface area contributed by atoms with Gasteiger partial charge < -0.3 is 10.6 Å². The number of rotatable bonds is 4. The Morgan fingerprint density at radius 1 is 1.30 bits per heavy atom. The number of piperazine rings is 1. The van der Waals surface area contributed by atoms with E-state index >= 15 is 0 Å². The van der Waals surface area contributed by atoms with Crippen molar-refractivity contribution < 1.29 is 9.42 Å². The zero-order chi connectivity index (χ0) is 16.4. The summed E-state index contributed by atoms with van der Waals surface area (Å²) in [6, 6.07) is 0. The van der Waals surface area contributed by atoms with E-state index in [0.717, 1.165) is 26.2 Å². The molecular weight excluding hydrogens is 304 g/mol. The zero-order valence-corrected chi connectivity index (χ0v) is 12.6. The molecule has 1 saturated heterocycles. The molecule has 0 radical (unpaired) electrons. The second-order valence-corrected chi connectivity index (χ2v) is 5.32. The lowest BCUT2D eigenvalue weighted by atomic mass is 10.2. The molecule has 3 heterocycles. The fourth-order valence-corrected chi connectivity index (χ4v) is 2.41. The molecule has 1 aliphatic heterocycles. The third-order valence-electron chi connectivity index (χ3n) is 3.77. The van der Waals surface area contributed by atoms with Gasteiger partial charge in [-0.15, -0.1) is 5.10 Å². The van der Waals surface area contributed by atoms with Gasteiger partial charge in [-0.1, -0.05) is 5.21 Å². The van der Waals surface area contributed by atoms with Crippen LogP contribution in [0.4, 0.5) is 5.82 Å². The van der Waals surface area contributed by atoms with Crippen LogP contribution in [-0.4, -0.2) is 74.2 Å². The van der Waals surface area contributed by atoms with Gasteiger partial charge in [0.05, 0.1) is 5.69 Å². The summed E-state index contributed by atoms with van der Waals surface area (Å²) in [5.41, 5.74) is 8.42. The number of likely N-dealkylation sites (N-methyl/N-ethyl adjacent to an activating group) is 1. The molecule has 2 aromatic heterocycles. The van der Waals surface area contributed by atoms with E-state index in [1.165, 1.54) is 4.68 Å². The van der Waals surface area contributed by atoms with Gasteiger partial charge in [0.2, 0.25) is 11.6 Å². The van der Waals surface area contributed by atoms with Gasteiger partial charge in [-0.05, 0) is 17.4 Å². The van der Waals surface area contributed by atoms with Crippen molar-refractivity contribution in [2.45, 2.75) is 6.54 Å². The number of nitrogen functional groups attached to an aromatic ring is 2. The van der Waals surface area contributed by atoms with Gasteiger partial charge in [-0.3, -0.25) is 15.1 Å². The Morgan fingerprint density at radius 2 is 2.04 bits per heavy atom. The van der Waals surface area contributed by atoms with Crippen LogP contribution in [0.25, 0.3) is 5.82 Å². The smallest absolute Gasteiger partial charge is 0.287 e. The van der Waals surface area contributed by atoms with Crippen LogP contribution >= 0.6 is 0 Å². The Labute approximate surface area is 131 Å². The molecule has 2 aromatic rings. The first-order chi connectivity index (χ1) is 11.1. The number of hydrogen-bond acceptors (Lipinski definition) is 10. The van der Waals surface area contributed by atoms with Crippen molar-refractivity contribution in [1.29, 1.82) is 0 Å². The molecule has 0 spiro atoms. The number of hydrazine groups is 1. The Kier molecular flexibility index (Phi) is 4.18. The molecule has 1 aliphatic rings. The first-order valence-corrected chi connectivity index (χ1v) is 7.05. The molecule has 1 fully saturated rings. The number of carbonyl (C=O) groups is 1. The van der Waals surface area contributed by atoms with Crippen molar-refractivity contribution in [1.82, 2.24) is 40.5 Å². The van der Waals surface area contributed by atoms with E-state index in [-0.39, 0.29) is 17.3 Å². The molecule has 0 saturated carbocycles. The Hall–Kier alpha value is -2.57. The predicted octanol–water partition coefficient (Wildman–Crippen LogP) is -2.42. The van der Waals surface area contributed by atoms with Gasteiger partial charge in [0, 0.05) is 32.7 Å². The monoisotopic (exact) mass is 322 g/mol. The SMILES string of the molecule is CN1CCN(Cc2c(C(=O)NN)nnn2-c2nonc2N)CC1. The summed E-state index contributed by atoms with van der Waals surface area (Å²) in [6.07, 6.45) is 0. The van der Waals surface area contributed by atoms with Gasteiger partial charge in [-0.25, -0.2) is 10.5 Å². The Balaban J connectivity index is 1.93. The fraction of sp³-hybridized carbons (Fsp3) is 0.545. The molecule has 5 N–H and O–H groups in total. The van der Waals surface area contributed by atoms with Crippen LogP contribution in [-0.2, 0) is 6.54 Å². The van der Waals surface area contributed by atoms with Gasteiger partial charge in [0.1, 0.15) is 0 Å². The van der Waals surface area contributed by atoms with Crippen LogP contribution in [0.1, 0.15) is 16.2 Å². The first-order valence-electron chi connectivity index (χ1n) is 7.05. The maximum Gasteiger partial charge on any atom is 0.287 e. The molecule has 0 unspecified atom stereocenters. The van der Waals surface area contributed by atoms with Crippen molar-refractivity contribution in [2.75, 3.05) is 39.0 Å². The van der Waals surface area contributed by atoms with Gasteiger partial charge in [0.15, 0.2) is 5.69 Å². The Bertz CT molecular complexity index is 687. The average Bonchev–Trinajstić information content (AvgIpc) is 3.15. The number of amides is 1. The normalized spacial score (nSPS) is 16.6. The lowest BCUT2D eigenvalue weighted by Gasteiger charge is -2.32. The molecule has 0 bridgehead atoms. The molecule has 0 aromatic carbocycles. The molecule has 23 heavy (non-hydrogen) atoms. The van der Waals surface area contributed by atoms with Crippen molar-refractivity contribution in [3.63, 3.8) is 0 Å². The number of aromatic nitrogens is 5. The summed E-state index contributed by atoms with van der Waals surface area (Å²) in [6.45, 7) is 4.05. The van der Waals surface area contributed by atoms with E-state index < -0.39 is 5.91 Å². The van der Waals surface area contributed by atoms with Gasteiger partial charge in [0.25, 0.3) is 5.91 Å². The number of hydrogen-bond donors (Lipinski definition) is 3. The standard InChI is InChI=1S/C11H18N10O2/c1-19-2-4-20(5-3-19)6-7-8(11(22)14-13)15-18-21(7)10-9(12)16-23-17-10/h2-6,13H2,1H3,(H2,12,16)(H,14,22). The van der Waals surface area contributed by atoms with Crippen LogP contribution < -0.4 is 17.0 Å². The highest BCUT2D eigenvalue weighted by atomic mass is 16.6. The van der Waals surface area contributed by atoms with Crippen LogP contribution in [0, 0.1) is 0 Å². The highest BCUT2D eigenvalue weighted by Gasteiger charge is 2.26. The Morgan fingerprint density at radius 3 is 2.65 bits per heavy atom. The minimum Gasteiger partial charge on any atom is -0.378 e. The second kappa shape index (κ2) is 6.28. The topological polar surface area (TPSA) is 157 Å². The van der Waals surface area contributed by atoms with E-state index in [2.05, 4.69) is 47.5 Å². The lowest BCUT2D eigenvalue weighted by molar-refractivity contribution is 0.0944. The lowest BCUT2D eigenvalue weighted by Crippen LogP contribution is -2.44. The highest BCUT2D eigenvalue weighted by molar-refractivity contribution is 5.92. The number of nitrogens with two attached hydrogens (primary N) is 2. The highest BCUT2D eigenvalue weighted by Crippen LogP contribution is 2.18. The maximum atomic E-state index is 11.9. The molecule has 124 valence electrons. The fourth-order valence-electron chi connectivity index (χ4n) is 2.41. The van der Waals surface area contributed by atoms with Crippen molar-refractivity contribution >= 4 is 11.7 Å². The van der Waals surface area contributed by atoms with E-state index in [4.69, 9.17) is 11.6 Å². The van der Waals surface area contributed by atoms with Crippen LogP contribution in [0.5, 0.6) is 0 Å². The molecule has 0 atom stereocenters.